The second-order valence-electron chi connectivity index (χ2n) is 6.85. The monoisotopic (exact) mass is 468 g/mol. The van der Waals surface area contributed by atoms with Crippen molar-refractivity contribution < 1.29 is 18.3 Å². The third-order valence-electron chi connectivity index (χ3n) is 4.61. The first-order valence-corrected chi connectivity index (χ1v) is 10.8. The van der Waals surface area contributed by atoms with Gasteiger partial charge in [0.1, 0.15) is 63.7 Å². The number of aliphatic imine (C=N–C) groups is 1. The minimum absolute atomic E-state index is 0.0527. The van der Waals surface area contributed by atoms with Gasteiger partial charge in [-0.2, -0.15) is 15.8 Å². The molecule has 34 heavy (non-hydrogen) atoms. The van der Waals surface area contributed by atoms with Crippen LogP contribution in [0.25, 0.3) is 33.4 Å². The van der Waals surface area contributed by atoms with Gasteiger partial charge in [0.15, 0.2) is 11.5 Å². The van der Waals surface area contributed by atoms with Gasteiger partial charge in [-0.15, -0.1) is 11.3 Å². The van der Waals surface area contributed by atoms with Gasteiger partial charge in [-0.3, -0.25) is 4.99 Å². The van der Waals surface area contributed by atoms with Crippen molar-refractivity contribution in [1.29, 1.82) is 15.8 Å². The Labute approximate surface area is 199 Å². The molecular formula is C25H16N4O4S. The second kappa shape index (κ2) is 10.2. The largest absolute Gasteiger partial charge is 0.484 e. The molecule has 4 rings (SSSR count). The topological polar surface area (TPSA) is 128 Å². The zero-order valence-electron chi connectivity index (χ0n) is 17.8. The van der Waals surface area contributed by atoms with Crippen molar-refractivity contribution in [2.45, 2.75) is 0 Å². The standard InChI is InChI=1S/C25H16N4O4S/c1-29-15-16(12-26)3-2-4-18-5-7-20(32-18)24-22-23(31-10-9-30-22)25(34-24)21-8-6-19(33-21)11-17(13-27)14-28/h2-8,11H,1,9-10,15H2/b4-2+,16-3+. The number of allylic oxidation sites excluding steroid dienone is 3. The summed E-state index contributed by atoms with van der Waals surface area (Å²) in [4.78, 5) is 5.17. The fourth-order valence-electron chi connectivity index (χ4n) is 3.13. The molecule has 1 aliphatic heterocycles. The third-order valence-corrected chi connectivity index (χ3v) is 5.79. The van der Waals surface area contributed by atoms with E-state index in [2.05, 4.69) is 17.8 Å². The fourth-order valence-corrected chi connectivity index (χ4v) is 4.24. The van der Waals surface area contributed by atoms with Crippen LogP contribution in [-0.2, 0) is 0 Å². The van der Waals surface area contributed by atoms with Gasteiger partial charge >= 0.3 is 0 Å². The van der Waals surface area contributed by atoms with Crippen molar-refractivity contribution in [3.63, 3.8) is 0 Å². The summed E-state index contributed by atoms with van der Waals surface area (Å²) in [5.74, 6) is 3.23. The first-order valence-electron chi connectivity index (χ1n) is 10.0. The molecule has 0 amide bonds. The van der Waals surface area contributed by atoms with E-state index in [0.717, 1.165) is 4.88 Å². The number of ether oxygens (including phenoxy) is 2. The highest BCUT2D eigenvalue weighted by Gasteiger charge is 2.29. The highest BCUT2D eigenvalue weighted by molar-refractivity contribution is 7.19. The smallest absolute Gasteiger partial charge is 0.183 e. The number of hydrogen-bond donors (Lipinski definition) is 0. The Morgan fingerprint density at radius 3 is 2.15 bits per heavy atom. The molecule has 0 fully saturated rings. The van der Waals surface area contributed by atoms with Gasteiger partial charge in [0.2, 0.25) is 0 Å². The Morgan fingerprint density at radius 1 is 0.941 bits per heavy atom. The average Bonchev–Trinajstić information content (AvgIpc) is 3.60. The van der Waals surface area contributed by atoms with E-state index in [4.69, 9.17) is 34.1 Å². The van der Waals surface area contributed by atoms with E-state index >= 15 is 0 Å². The molecule has 0 radical (unpaired) electrons. The Balaban J connectivity index is 1.66. The van der Waals surface area contributed by atoms with E-state index in [-0.39, 0.29) is 12.1 Å². The number of fused-ring (bicyclic) bond motifs is 1. The summed E-state index contributed by atoms with van der Waals surface area (Å²) >= 11 is 1.39. The molecule has 4 heterocycles. The SMILES string of the molecule is C=NC/C(C#N)=C/C=C/c1ccc(-c2sc(-c3ccc(C=C(C#N)C#N)o3)c3c2OCCO3)o1. The van der Waals surface area contributed by atoms with Crippen molar-refractivity contribution in [2.75, 3.05) is 19.8 Å². The Kier molecular flexibility index (Phi) is 6.74. The molecular weight excluding hydrogens is 452 g/mol. The molecule has 0 N–H and O–H groups in total. The molecule has 0 saturated heterocycles. The number of hydrogen-bond acceptors (Lipinski definition) is 9. The summed E-state index contributed by atoms with van der Waals surface area (Å²) < 4.78 is 23.6. The van der Waals surface area contributed by atoms with Gasteiger partial charge < -0.3 is 18.3 Å². The third kappa shape index (κ3) is 4.68. The number of furan rings is 2. The summed E-state index contributed by atoms with van der Waals surface area (Å²) in [6.07, 6.45) is 6.50. The molecule has 0 unspecified atom stereocenters. The molecule has 8 nitrogen and oxygen atoms in total. The van der Waals surface area contributed by atoms with E-state index in [9.17, 15) is 0 Å². The molecule has 0 aromatic carbocycles. The van der Waals surface area contributed by atoms with Gasteiger partial charge in [-0.1, -0.05) is 6.08 Å². The van der Waals surface area contributed by atoms with Gasteiger partial charge in [0, 0.05) is 6.08 Å². The van der Waals surface area contributed by atoms with Crippen LogP contribution in [-0.4, -0.2) is 26.5 Å². The normalized spacial score (nSPS) is 12.6. The minimum atomic E-state index is -0.0527. The molecule has 3 aromatic rings. The second-order valence-corrected chi connectivity index (χ2v) is 7.87. The van der Waals surface area contributed by atoms with E-state index in [1.807, 2.05) is 24.3 Å². The number of rotatable bonds is 7. The van der Waals surface area contributed by atoms with Gasteiger partial charge in [-0.05, 0) is 43.1 Å². The fraction of sp³-hybridized carbons (Fsp3) is 0.120. The lowest BCUT2D eigenvalue weighted by molar-refractivity contribution is 0.174. The lowest BCUT2D eigenvalue weighted by Gasteiger charge is -2.16. The summed E-state index contributed by atoms with van der Waals surface area (Å²) in [5, 5.41) is 27.0. The Morgan fingerprint density at radius 2 is 1.56 bits per heavy atom. The van der Waals surface area contributed by atoms with E-state index < -0.39 is 0 Å². The lowest BCUT2D eigenvalue weighted by Crippen LogP contribution is -2.14. The summed E-state index contributed by atoms with van der Waals surface area (Å²) in [5.41, 5.74) is 0.438. The number of nitrogens with zero attached hydrogens (tertiary/aromatic N) is 4. The zero-order valence-corrected chi connectivity index (χ0v) is 18.6. The number of thiophene rings is 1. The highest BCUT2D eigenvalue weighted by Crippen LogP contribution is 2.54. The van der Waals surface area contributed by atoms with E-state index in [0.29, 0.717) is 58.2 Å². The van der Waals surface area contributed by atoms with Crippen LogP contribution < -0.4 is 9.47 Å². The van der Waals surface area contributed by atoms with E-state index in [1.165, 1.54) is 17.4 Å². The molecule has 0 saturated carbocycles. The van der Waals surface area contributed by atoms with Gasteiger partial charge in [0.25, 0.3) is 0 Å². The number of nitriles is 3. The van der Waals surface area contributed by atoms with Crippen molar-refractivity contribution in [3.8, 4) is 51.0 Å². The van der Waals surface area contributed by atoms with Crippen LogP contribution in [0.3, 0.4) is 0 Å². The maximum absolute atomic E-state index is 9.06. The highest BCUT2D eigenvalue weighted by atomic mass is 32.1. The van der Waals surface area contributed by atoms with Crippen LogP contribution in [0.1, 0.15) is 11.5 Å². The predicted octanol–water partition coefficient (Wildman–Crippen LogP) is 5.63. The molecule has 3 aromatic heterocycles. The van der Waals surface area contributed by atoms with E-state index in [1.54, 1.807) is 30.4 Å². The minimum Gasteiger partial charge on any atom is -0.484 e. The van der Waals surface area contributed by atoms with Crippen LogP contribution in [0.5, 0.6) is 11.5 Å². The van der Waals surface area contributed by atoms with Crippen molar-refractivity contribution in [3.05, 3.63) is 59.1 Å². The van der Waals surface area contributed by atoms with Crippen LogP contribution >= 0.6 is 11.3 Å². The maximum atomic E-state index is 9.06. The summed E-state index contributed by atoms with van der Waals surface area (Å²) in [7, 11) is 0. The first-order chi connectivity index (χ1) is 16.7. The molecule has 0 bridgehead atoms. The average molecular weight is 468 g/mol. The summed E-state index contributed by atoms with van der Waals surface area (Å²) in [6, 6.07) is 12.8. The Hall–Kier alpha value is -4.78. The molecule has 0 atom stereocenters. The van der Waals surface area contributed by atoms with Gasteiger partial charge in [-0.25, -0.2) is 0 Å². The van der Waals surface area contributed by atoms with Crippen molar-refractivity contribution in [2.24, 2.45) is 4.99 Å². The first kappa shape index (κ1) is 22.4. The molecule has 0 spiro atoms. The van der Waals surface area contributed by atoms with Crippen LogP contribution in [0.2, 0.25) is 0 Å². The summed E-state index contributed by atoms with van der Waals surface area (Å²) in [6.45, 7) is 4.45. The lowest BCUT2D eigenvalue weighted by atomic mass is 10.2. The predicted molar refractivity (Wildman–Crippen MR) is 127 cm³/mol. The van der Waals surface area contributed by atoms with Crippen molar-refractivity contribution >= 4 is 30.2 Å². The quantitative estimate of drug-likeness (QED) is 0.249. The van der Waals surface area contributed by atoms with Crippen LogP contribution in [0, 0.1) is 34.0 Å². The molecule has 166 valence electrons. The molecule has 1 aliphatic rings. The van der Waals surface area contributed by atoms with Crippen LogP contribution in [0.15, 0.2) is 61.4 Å². The zero-order chi connectivity index (χ0) is 23.9. The Bertz CT molecular complexity index is 1430. The molecule has 0 aliphatic carbocycles. The van der Waals surface area contributed by atoms with Crippen molar-refractivity contribution in [1.82, 2.24) is 0 Å². The van der Waals surface area contributed by atoms with Gasteiger partial charge in [0.05, 0.1) is 18.2 Å². The molecule has 9 heteroatoms. The maximum Gasteiger partial charge on any atom is 0.183 e. The van der Waals surface area contributed by atoms with Crippen LogP contribution in [0.4, 0.5) is 0 Å².